The van der Waals surface area contributed by atoms with Gasteiger partial charge in [-0.1, -0.05) is 47.2 Å². The summed E-state index contributed by atoms with van der Waals surface area (Å²) in [7, 11) is 0. The number of aromatic nitrogens is 1. The molecule has 8 heteroatoms. The maximum atomic E-state index is 13.4. The Morgan fingerprint density at radius 2 is 1.67 bits per heavy atom. The third-order valence-corrected chi connectivity index (χ3v) is 7.41. The third kappa shape index (κ3) is 3.61. The fraction of sp³-hybridized carbons (Fsp3) is 0.179. The van der Waals surface area contributed by atoms with E-state index < -0.39 is 17.7 Å². The van der Waals surface area contributed by atoms with Crippen molar-refractivity contribution in [2.75, 3.05) is 18.1 Å². The molecule has 1 saturated heterocycles. The van der Waals surface area contributed by atoms with Gasteiger partial charge in [-0.25, -0.2) is 4.98 Å². The molecule has 1 unspecified atom stereocenters. The first-order valence-electron chi connectivity index (χ1n) is 11.6. The topological polar surface area (TPSA) is 89.0 Å². The van der Waals surface area contributed by atoms with Crippen LogP contribution >= 0.6 is 11.3 Å². The molecule has 0 spiro atoms. The average molecular weight is 499 g/mol. The molecular weight excluding hydrogens is 476 g/mol. The highest BCUT2D eigenvalue weighted by atomic mass is 32.1. The molecule has 1 fully saturated rings. The molecule has 0 radical (unpaired) electrons. The fourth-order valence-corrected chi connectivity index (χ4v) is 5.65. The van der Waals surface area contributed by atoms with Gasteiger partial charge in [0, 0.05) is 5.56 Å². The molecule has 2 aliphatic heterocycles. The van der Waals surface area contributed by atoms with Crippen LogP contribution in [0.5, 0.6) is 11.5 Å². The second kappa shape index (κ2) is 8.49. The highest BCUT2D eigenvalue weighted by Gasteiger charge is 2.48. The predicted molar refractivity (Wildman–Crippen MR) is 138 cm³/mol. The van der Waals surface area contributed by atoms with Gasteiger partial charge < -0.3 is 14.6 Å². The summed E-state index contributed by atoms with van der Waals surface area (Å²) >= 11 is 1.35. The standard InChI is InChI=1S/C28H22N2O5S/c1-15-3-6-17(7-4-15)24-23(25(31)18-8-10-20-21(14-18)35-12-11-34-20)26(32)27(33)30(24)28-29-19-9-5-16(2)13-22(19)36-28/h3-10,13-14,24,31H,11-12H2,1-2H3. The average Bonchev–Trinajstić information content (AvgIpc) is 3.41. The van der Waals surface area contributed by atoms with Crippen LogP contribution in [-0.2, 0) is 9.59 Å². The van der Waals surface area contributed by atoms with Crippen LogP contribution in [0.3, 0.4) is 0 Å². The van der Waals surface area contributed by atoms with Crippen molar-refractivity contribution in [2.24, 2.45) is 0 Å². The number of nitrogens with zero attached hydrogens (tertiary/aromatic N) is 2. The smallest absolute Gasteiger partial charge is 0.301 e. The van der Waals surface area contributed by atoms with E-state index in [2.05, 4.69) is 4.98 Å². The second-order valence-corrected chi connectivity index (χ2v) is 9.91. The Morgan fingerprint density at radius 3 is 2.44 bits per heavy atom. The normalized spacial score (nSPS) is 18.7. The van der Waals surface area contributed by atoms with E-state index in [1.54, 1.807) is 18.2 Å². The number of aliphatic hydroxyl groups is 1. The van der Waals surface area contributed by atoms with Gasteiger partial charge >= 0.3 is 5.91 Å². The number of carbonyl (C=O) groups excluding carboxylic acids is 2. The van der Waals surface area contributed by atoms with E-state index in [1.165, 1.54) is 16.2 Å². The molecule has 0 saturated carbocycles. The third-order valence-electron chi connectivity index (χ3n) is 6.39. The Balaban J connectivity index is 1.54. The van der Waals surface area contributed by atoms with E-state index in [0.29, 0.717) is 41.0 Å². The van der Waals surface area contributed by atoms with E-state index in [0.717, 1.165) is 21.3 Å². The monoisotopic (exact) mass is 498 g/mol. The lowest BCUT2D eigenvalue weighted by atomic mass is 9.94. The summed E-state index contributed by atoms with van der Waals surface area (Å²) in [6.45, 7) is 4.79. The largest absolute Gasteiger partial charge is 0.507 e. The molecule has 2 aliphatic rings. The summed E-state index contributed by atoms with van der Waals surface area (Å²) in [5.74, 6) is -0.708. The number of fused-ring (bicyclic) bond motifs is 2. The summed E-state index contributed by atoms with van der Waals surface area (Å²) in [5.41, 5.74) is 3.95. The molecule has 6 rings (SSSR count). The van der Waals surface area contributed by atoms with Gasteiger partial charge in [-0.05, 0) is 55.3 Å². The van der Waals surface area contributed by atoms with Crippen LogP contribution in [0, 0.1) is 13.8 Å². The van der Waals surface area contributed by atoms with Crippen LogP contribution in [0.1, 0.15) is 28.3 Å². The molecule has 4 aromatic rings. The quantitative estimate of drug-likeness (QED) is 0.234. The molecule has 7 nitrogen and oxygen atoms in total. The number of ether oxygens (including phenoxy) is 2. The van der Waals surface area contributed by atoms with E-state index >= 15 is 0 Å². The number of aliphatic hydroxyl groups excluding tert-OH is 1. The van der Waals surface area contributed by atoms with Gasteiger partial charge in [0.15, 0.2) is 16.6 Å². The number of hydrogen-bond acceptors (Lipinski definition) is 7. The molecule has 3 heterocycles. The van der Waals surface area contributed by atoms with E-state index in [4.69, 9.17) is 9.47 Å². The predicted octanol–water partition coefficient (Wildman–Crippen LogP) is 5.31. The zero-order chi connectivity index (χ0) is 25.0. The first-order valence-corrected chi connectivity index (χ1v) is 12.4. The first-order chi connectivity index (χ1) is 17.4. The molecule has 3 aromatic carbocycles. The molecule has 1 N–H and O–H groups in total. The lowest BCUT2D eigenvalue weighted by molar-refractivity contribution is -0.132. The Kier molecular flexibility index (Phi) is 5.26. The first kappa shape index (κ1) is 22.3. The van der Waals surface area contributed by atoms with Crippen molar-refractivity contribution >= 4 is 44.1 Å². The summed E-state index contributed by atoms with van der Waals surface area (Å²) in [4.78, 5) is 32.9. The number of anilines is 1. The van der Waals surface area contributed by atoms with Crippen molar-refractivity contribution in [1.29, 1.82) is 0 Å². The van der Waals surface area contributed by atoms with Crippen molar-refractivity contribution in [3.05, 3.63) is 88.5 Å². The number of rotatable bonds is 3. The maximum Gasteiger partial charge on any atom is 0.301 e. The van der Waals surface area contributed by atoms with Gasteiger partial charge in [-0.2, -0.15) is 0 Å². The van der Waals surface area contributed by atoms with Crippen molar-refractivity contribution in [1.82, 2.24) is 4.98 Å². The Morgan fingerprint density at radius 1 is 0.944 bits per heavy atom. The number of ketones is 1. The zero-order valence-corrected chi connectivity index (χ0v) is 20.5. The minimum absolute atomic E-state index is 0.0102. The minimum atomic E-state index is -0.833. The molecular formula is C28H22N2O5S. The van der Waals surface area contributed by atoms with Crippen LogP contribution in [0.2, 0.25) is 0 Å². The molecule has 0 bridgehead atoms. The summed E-state index contributed by atoms with van der Waals surface area (Å²) in [6, 6.07) is 17.6. The van der Waals surface area contributed by atoms with E-state index in [-0.39, 0.29) is 11.3 Å². The van der Waals surface area contributed by atoms with Crippen LogP contribution in [0.25, 0.3) is 16.0 Å². The SMILES string of the molecule is Cc1ccc(C2C(=C(O)c3ccc4c(c3)OCCO4)C(=O)C(=O)N2c2nc3ccc(C)cc3s2)cc1. The van der Waals surface area contributed by atoms with Gasteiger partial charge in [0.2, 0.25) is 0 Å². The molecule has 180 valence electrons. The van der Waals surface area contributed by atoms with Gasteiger partial charge in [-0.15, -0.1) is 0 Å². The number of amides is 1. The molecule has 1 amide bonds. The maximum absolute atomic E-state index is 13.4. The summed E-state index contributed by atoms with van der Waals surface area (Å²) < 4.78 is 12.1. The zero-order valence-electron chi connectivity index (χ0n) is 19.6. The number of carbonyl (C=O) groups is 2. The van der Waals surface area contributed by atoms with Gasteiger partial charge in [0.05, 0.1) is 21.8 Å². The van der Waals surface area contributed by atoms with Gasteiger partial charge in [0.25, 0.3) is 5.78 Å². The highest BCUT2D eigenvalue weighted by molar-refractivity contribution is 7.22. The van der Waals surface area contributed by atoms with Crippen LogP contribution < -0.4 is 14.4 Å². The molecule has 36 heavy (non-hydrogen) atoms. The van der Waals surface area contributed by atoms with Crippen LogP contribution in [0.4, 0.5) is 5.13 Å². The molecule has 1 aromatic heterocycles. The second-order valence-electron chi connectivity index (χ2n) is 8.91. The lowest BCUT2D eigenvalue weighted by Crippen LogP contribution is -2.29. The van der Waals surface area contributed by atoms with Crippen molar-refractivity contribution in [3.63, 3.8) is 0 Å². The molecule has 0 aliphatic carbocycles. The van der Waals surface area contributed by atoms with Crippen molar-refractivity contribution in [2.45, 2.75) is 19.9 Å². The Hall–Kier alpha value is -4.17. The lowest BCUT2D eigenvalue weighted by Gasteiger charge is -2.23. The van der Waals surface area contributed by atoms with Gasteiger partial charge in [0.1, 0.15) is 19.0 Å². The molecule has 1 atom stereocenters. The number of hydrogen-bond donors (Lipinski definition) is 1. The Bertz CT molecular complexity index is 1570. The number of aryl methyl sites for hydroxylation is 2. The van der Waals surface area contributed by atoms with Crippen LogP contribution in [0.15, 0.2) is 66.2 Å². The summed E-state index contributed by atoms with van der Waals surface area (Å²) in [5, 5.41) is 11.8. The van der Waals surface area contributed by atoms with Crippen molar-refractivity contribution < 1.29 is 24.2 Å². The van der Waals surface area contributed by atoms with Crippen LogP contribution in [-0.4, -0.2) is 35.0 Å². The fourth-order valence-electron chi connectivity index (χ4n) is 4.56. The number of thiazole rings is 1. The van der Waals surface area contributed by atoms with Crippen molar-refractivity contribution in [3.8, 4) is 11.5 Å². The van der Waals surface area contributed by atoms with E-state index in [9.17, 15) is 14.7 Å². The number of benzene rings is 3. The summed E-state index contributed by atoms with van der Waals surface area (Å²) in [6.07, 6.45) is 0. The Labute approximate surface area is 211 Å². The van der Waals surface area contributed by atoms with E-state index in [1.807, 2.05) is 56.3 Å². The highest BCUT2D eigenvalue weighted by Crippen LogP contribution is 2.45. The minimum Gasteiger partial charge on any atom is -0.507 e. The van der Waals surface area contributed by atoms with Gasteiger partial charge in [-0.3, -0.25) is 14.5 Å². The number of Topliss-reactive ketones (excluding diaryl/α,β-unsaturated/α-hetero) is 1.